The zero-order valence-corrected chi connectivity index (χ0v) is 7.93. The van der Waals surface area contributed by atoms with Crippen LogP contribution in [0.15, 0.2) is 12.1 Å². The lowest BCUT2D eigenvalue weighted by atomic mass is 10.2. The molecule has 0 aliphatic carbocycles. The maximum absolute atomic E-state index is 13.0. The average molecular weight is 198 g/mol. The SMILES string of the molecule is CNC(=O)Oc1cc(F)c(C)cc1N. The quantitative estimate of drug-likeness (QED) is 0.671. The van der Waals surface area contributed by atoms with Crippen LogP contribution in [0.25, 0.3) is 0 Å². The van der Waals surface area contributed by atoms with Crippen molar-refractivity contribution in [1.29, 1.82) is 0 Å². The Bertz CT molecular complexity index is 366. The zero-order chi connectivity index (χ0) is 10.7. The van der Waals surface area contributed by atoms with Gasteiger partial charge in [0.2, 0.25) is 0 Å². The number of nitrogens with one attached hydrogen (secondary N) is 1. The van der Waals surface area contributed by atoms with E-state index in [1.54, 1.807) is 6.92 Å². The molecule has 0 fully saturated rings. The predicted octanol–water partition coefficient (Wildman–Crippen LogP) is 1.43. The van der Waals surface area contributed by atoms with E-state index in [0.29, 0.717) is 5.56 Å². The number of carbonyl (C=O) groups excluding carboxylic acids is 1. The summed E-state index contributed by atoms with van der Waals surface area (Å²) in [6.07, 6.45) is -0.681. The van der Waals surface area contributed by atoms with Gasteiger partial charge in [0.1, 0.15) is 5.82 Å². The van der Waals surface area contributed by atoms with E-state index in [4.69, 9.17) is 10.5 Å². The number of halogens is 1. The molecule has 0 aromatic heterocycles. The summed E-state index contributed by atoms with van der Waals surface area (Å²) in [5, 5.41) is 2.24. The van der Waals surface area contributed by atoms with Crippen molar-refractivity contribution in [3.05, 3.63) is 23.5 Å². The van der Waals surface area contributed by atoms with Crippen LogP contribution in [-0.4, -0.2) is 13.1 Å². The van der Waals surface area contributed by atoms with E-state index in [1.165, 1.54) is 13.1 Å². The van der Waals surface area contributed by atoms with Gasteiger partial charge in [0, 0.05) is 13.1 Å². The minimum Gasteiger partial charge on any atom is -0.408 e. The highest BCUT2D eigenvalue weighted by Crippen LogP contribution is 2.24. The van der Waals surface area contributed by atoms with E-state index in [1.807, 2.05) is 0 Å². The monoisotopic (exact) mass is 198 g/mol. The number of nitrogens with two attached hydrogens (primary N) is 1. The highest BCUT2D eigenvalue weighted by atomic mass is 19.1. The Labute approximate surface area is 80.9 Å². The van der Waals surface area contributed by atoms with Gasteiger partial charge in [0.25, 0.3) is 0 Å². The number of hydrogen-bond acceptors (Lipinski definition) is 3. The lowest BCUT2D eigenvalue weighted by Crippen LogP contribution is -2.22. The van der Waals surface area contributed by atoms with Crippen LogP contribution in [0.1, 0.15) is 5.56 Å². The first kappa shape index (κ1) is 10.3. The van der Waals surface area contributed by atoms with E-state index in [-0.39, 0.29) is 11.4 Å². The number of carbonyl (C=O) groups is 1. The molecule has 0 bridgehead atoms. The van der Waals surface area contributed by atoms with E-state index in [0.717, 1.165) is 6.07 Å². The Kier molecular flexibility index (Phi) is 2.91. The van der Waals surface area contributed by atoms with Crippen molar-refractivity contribution in [1.82, 2.24) is 5.32 Å². The molecule has 0 radical (unpaired) electrons. The number of benzene rings is 1. The van der Waals surface area contributed by atoms with Gasteiger partial charge >= 0.3 is 6.09 Å². The van der Waals surface area contributed by atoms with Gasteiger partial charge in [-0.3, -0.25) is 0 Å². The first-order valence-corrected chi connectivity index (χ1v) is 3.99. The third kappa shape index (κ3) is 2.12. The Balaban J connectivity index is 2.98. The van der Waals surface area contributed by atoms with Gasteiger partial charge in [-0.25, -0.2) is 9.18 Å². The van der Waals surface area contributed by atoms with Crippen molar-refractivity contribution >= 4 is 11.8 Å². The lowest BCUT2D eigenvalue weighted by Gasteiger charge is -2.07. The Morgan fingerprint density at radius 3 is 2.79 bits per heavy atom. The number of rotatable bonds is 1. The molecule has 1 aromatic rings. The smallest absolute Gasteiger partial charge is 0.408 e. The molecule has 0 atom stereocenters. The topological polar surface area (TPSA) is 64.3 Å². The van der Waals surface area contributed by atoms with Crippen LogP contribution >= 0.6 is 0 Å². The van der Waals surface area contributed by atoms with E-state index in [9.17, 15) is 9.18 Å². The maximum atomic E-state index is 13.0. The number of ether oxygens (including phenoxy) is 1. The second-order valence-corrected chi connectivity index (χ2v) is 2.78. The highest BCUT2D eigenvalue weighted by Gasteiger charge is 2.09. The molecule has 0 saturated heterocycles. The summed E-state index contributed by atoms with van der Waals surface area (Å²) in [6.45, 7) is 1.58. The molecule has 1 amide bonds. The van der Waals surface area contributed by atoms with Crippen LogP contribution in [0, 0.1) is 12.7 Å². The van der Waals surface area contributed by atoms with E-state index in [2.05, 4.69) is 5.32 Å². The third-order valence-electron chi connectivity index (χ3n) is 1.70. The molecule has 76 valence electrons. The third-order valence-corrected chi connectivity index (χ3v) is 1.70. The largest absolute Gasteiger partial charge is 0.412 e. The summed E-state index contributed by atoms with van der Waals surface area (Å²) < 4.78 is 17.8. The molecule has 3 N–H and O–H groups in total. The molecule has 0 spiro atoms. The molecular weight excluding hydrogens is 187 g/mol. The predicted molar refractivity (Wildman–Crippen MR) is 50.6 cm³/mol. The van der Waals surface area contributed by atoms with Crippen LogP contribution in [0.2, 0.25) is 0 Å². The number of hydrogen-bond donors (Lipinski definition) is 2. The van der Waals surface area contributed by atoms with E-state index >= 15 is 0 Å². The number of amides is 1. The molecule has 14 heavy (non-hydrogen) atoms. The molecular formula is C9H11FN2O2. The summed E-state index contributed by atoms with van der Waals surface area (Å²) in [7, 11) is 1.41. The zero-order valence-electron chi connectivity index (χ0n) is 7.93. The van der Waals surface area contributed by atoms with Crippen LogP contribution in [-0.2, 0) is 0 Å². The second kappa shape index (κ2) is 3.95. The molecule has 1 rings (SSSR count). The molecule has 1 aromatic carbocycles. The molecule has 0 aliphatic rings. The van der Waals surface area contributed by atoms with Crippen LogP contribution in [0.3, 0.4) is 0 Å². The normalized spacial score (nSPS) is 9.64. The Hall–Kier alpha value is -1.78. The van der Waals surface area contributed by atoms with Crippen molar-refractivity contribution in [2.24, 2.45) is 0 Å². The Morgan fingerprint density at radius 1 is 1.57 bits per heavy atom. The second-order valence-electron chi connectivity index (χ2n) is 2.78. The number of nitrogen functional groups attached to an aromatic ring is 1. The fourth-order valence-corrected chi connectivity index (χ4v) is 0.925. The fourth-order valence-electron chi connectivity index (χ4n) is 0.925. The molecule has 4 nitrogen and oxygen atoms in total. The lowest BCUT2D eigenvalue weighted by molar-refractivity contribution is 0.203. The van der Waals surface area contributed by atoms with Crippen molar-refractivity contribution in [3.8, 4) is 5.75 Å². The molecule has 5 heteroatoms. The first-order chi connectivity index (χ1) is 6.54. The standard InChI is InChI=1S/C9H11FN2O2/c1-5-3-7(11)8(4-6(5)10)14-9(13)12-2/h3-4H,11H2,1-2H3,(H,12,13). The maximum Gasteiger partial charge on any atom is 0.412 e. The van der Waals surface area contributed by atoms with E-state index < -0.39 is 11.9 Å². The van der Waals surface area contributed by atoms with Gasteiger partial charge in [0.15, 0.2) is 5.75 Å². The molecule has 0 heterocycles. The van der Waals surface area contributed by atoms with Crippen LogP contribution in [0.4, 0.5) is 14.9 Å². The summed E-state index contributed by atoms with van der Waals surface area (Å²) in [6, 6.07) is 2.49. The summed E-state index contributed by atoms with van der Waals surface area (Å²) >= 11 is 0. The van der Waals surface area contributed by atoms with Crippen molar-refractivity contribution in [2.45, 2.75) is 6.92 Å². The van der Waals surface area contributed by atoms with Gasteiger partial charge < -0.3 is 15.8 Å². The van der Waals surface area contributed by atoms with Crippen molar-refractivity contribution in [2.75, 3.05) is 12.8 Å². The van der Waals surface area contributed by atoms with Crippen molar-refractivity contribution in [3.63, 3.8) is 0 Å². The Morgan fingerprint density at radius 2 is 2.21 bits per heavy atom. The average Bonchev–Trinajstić information content (AvgIpc) is 2.14. The molecule has 0 unspecified atom stereocenters. The summed E-state index contributed by atoms with van der Waals surface area (Å²) in [5.74, 6) is -0.439. The number of aryl methyl sites for hydroxylation is 1. The highest BCUT2D eigenvalue weighted by molar-refractivity contribution is 5.72. The van der Waals surface area contributed by atoms with Crippen LogP contribution in [0.5, 0.6) is 5.75 Å². The van der Waals surface area contributed by atoms with Crippen molar-refractivity contribution < 1.29 is 13.9 Å². The van der Waals surface area contributed by atoms with Gasteiger partial charge in [-0.2, -0.15) is 0 Å². The molecule has 0 saturated carbocycles. The minimum absolute atomic E-state index is 0.0208. The number of anilines is 1. The summed E-state index contributed by atoms with van der Waals surface area (Å²) in [5.41, 5.74) is 6.16. The van der Waals surface area contributed by atoms with Gasteiger partial charge in [0.05, 0.1) is 5.69 Å². The van der Waals surface area contributed by atoms with Gasteiger partial charge in [-0.1, -0.05) is 0 Å². The molecule has 0 aliphatic heterocycles. The fraction of sp³-hybridized carbons (Fsp3) is 0.222. The minimum atomic E-state index is -0.681. The van der Waals surface area contributed by atoms with Gasteiger partial charge in [-0.15, -0.1) is 0 Å². The first-order valence-electron chi connectivity index (χ1n) is 3.99. The van der Waals surface area contributed by atoms with Crippen LogP contribution < -0.4 is 15.8 Å². The van der Waals surface area contributed by atoms with Gasteiger partial charge in [-0.05, 0) is 18.6 Å². The summed E-state index contributed by atoms with van der Waals surface area (Å²) in [4.78, 5) is 10.8.